The number of aromatic nitrogens is 2. The maximum absolute atomic E-state index is 11.8. The van der Waals surface area contributed by atoms with Gasteiger partial charge >= 0.3 is 0 Å². The molecule has 0 radical (unpaired) electrons. The van der Waals surface area contributed by atoms with E-state index in [0.717, 1.165) is 10.2 Å². The minimum Gasteiger partial charge on any atom is -0.342 e. The third kappa shape index (κ3) is 3.23. The summed E-state index contributed by atoms with van der Waals surface area (Å²) in [4.78, 5) is 32.0. The Morgan fingerprint density at radius 2 is 2.10 bits per heavy atom. The van der Waals surface area contributed by atoms with Crippen molar-refractivity contribution in [3.05, 3.63) is 40.3 Å². The third-order valence-electron chi connectivity index (χ3n) is 2.68. The molecule has 0 spiro atoms. The number of carbonyl (C=O) groups excluding carboxylic acids is 2. The van der Waals surface area contributed by atoms with Gasteiger partial charge in [-0.05, 0) is 18.2 Å². The van der Waals surface area contributed by atoms with E-state index >= 15 is 0 Å². The second-order valence-corrected chi connectivity index (χ2v) is 5.90. The summed E-state index contributed by atoms with van der Waals surface area (Å²) in [6, 6.07) is 5.48. The maximum atomic E-state index is 11.8. The van der Waals surface area contributed by atoms with Crippen LogP contribution < -0.4 is 10.6 Å². The molecule has 8 heteroatoms. The molecule has 2 amide bonds. The molecule has 6 nitrogen and oxygen atoms in total. The quantitative estimate of drug-likeness (QED) is 0.772. The van der Waals surface area contributed by atoms with E-state index < -0.39 is 0 Å². The van der Waals surface area contributed by atoms with Gasteiger partial charge in [0.25, 0.3) is 5.91 Å². The molecule has 0 atom stereocenters. The van der Waals surface area contributed by atoms with E-state index in [1.165, 1.54) is 28.9 Å². The first-order chi connectivity index (χ1) is 10.2. The van der Waals surface area contributed by atoms with Gasteiger partial charge in [-0.15, -0.1) is 22.7 Å². The van der Waals surface area contributed by atoms with Crippen molar-refractivity contribution in [3.63, 3.8) is 0 Å². The van der Waals surface area contributed by atoms with Crippen LogP contribution in [-0.2, 0) is 4.79 Å². The fourth-order valence-corrected chi connectivity index (χ4v) is 2.97. The number of amides is 2. The molecule has 3 rings (SSSR count). The summed E-state index contributed by atoms with van der Waals surface area (Å²) < 4.78 is 1.00. The average molecular weight is 318 g/mol. The number of anilines is 1. The SMILES string of the molecule is O=C(CNC(=O)c1cncs1)Nc1ccc2ncsc2c1. The van der Waals surface area contributed by atoms with Crippen molar-refractivity contribution in [2.24, 2.45) is 0 Å². The molecule has 2 heterocycles. The number of carbonyl (C=O) groups is 2. The topological polar surface area (TPSA) is 84.0 Å². The summed E-state index contributed by atoms with van der Waals surface area (Å²) in [6.45, 7) is -0.0859. The first-order valence-corrected chi connectivity index (χ1v) is 7.78. The van der Waals surface area contributed by atoms with Crippen molar-refractivity contribution in [3.8, 4) is 0 Å². The smallest absolute Gasteiger partial charge is 0.263 e. The van der Waals surface area contributed by atoms with Crippen molar-refractivity contribution >= 4 is 50.4 Å². The van der Waals surface area contributed by atoms with Gasteiger partial charge in [0.1, 0.15) is 4.88 Å². The van der Waals surface area contributed by atoms with E-state index in [9.17, 15) is 9.59 Å². The van der Waals surface area contributed by atoms with Gasteiger partial charge in [-0.1, -0.05) is 0 Å². The van der Waals surface area contributed by atoms with Gasteiger partial charge in [0.2, 0.25) is 5.91 Å². The lowest BCUT2D eigenvalue weighted by atomic mass is 10.3. The molecule has 0 saturated heterocycles. The number of hydrogen-bond donors (Lipinski definition) is 2. The van der Waals surface area contributed by atoms with E-state index in [0.29, 0.717) is 10.6 Å². The molecule has 106 valence electrons. The fraction of sp³-hybridized carbons (Fsp3) is 0.0769. The molecule has 0 unspecified atom stereocenters. The van der Waals surface area contributed by atoms with Crippen molar-refractivity contribution in [1.29, 1.82) is 0 Å². The fourth-order valence-electron chi connectivity index (χ4n) is 1.71. The second-order valence-electron chi connectivity index (χ2n) is 4.13. The lowest BCUT2D eigenvalue weighted by Gasteiger charge is -2.06. The largest absolute Gasteiger partial charge is 0.342 e. The lowest BCUT2D eigenvalue weighted by molar-refractivity contribution is -0.115. The molecular formula is C13H10N4O2S2. The predicted octanol–water partition coefficient (Wildman–Crippen LogP) is 2.12. The highest BCUT2D eigenvalue weighted by Gasteiger charge is 2.09. The van der Waals surface area contributed by atoms with Crippen LogP contribution in [0.1, 0.15) is 9.67 Å². The van der Waals surface area contributed by atoms with Gasteiger partial charge in [-0.25, -0.2) is 4.98 Å². The number of fused-ring (bicyclic) bond motifs is 1. The van der Waals surface area contributed by atoms with E-state index in [-0.39, 0.29) is 18.4 Å². The Morgan fingerprint density at radius 1 is 1.19 bits per heavy atom. The molecule has 0 fully saturated rings. The molecule has 2 aromatic heterocycles. The average Bonchev–Trinajstić information content (AvgIpc) is 3.15. The molecule has 0 bridgehead atoms. The maximum Gasteiger partial charge on any atom is 0.263 e. The molecule has 0 aliphatic heterocycles. The molecular weight excluding hydrogens is 308 g/mol. The summed E-state index contributed by atoms with van der Waals surface area (Å²) in [5.41, 5.74) is 4.91. The van der Waals surface area contributed by atoms with Crippen molar-refractivity contribution < 1.29 is 9.59 Å². The zero-order valence-corrected chi connectivity index (χ0v) is 12.3. The Labute approximate surface area is 127 Å². The summed E-state index contributed by atoms with van der Waals surface area (Å²) in [5, 5.41) is 5.28. The number of hydrogen-bond acceptors (Lipinski definition) is 6. The Balaban J connectivity index is 1.57. The van der Waals surface area contributed by atoms with Crippen LogP contribution in [0.5, 0.6) is 0 Å². The zero-order chi connectivity index (χ0) is 14.7. The molecule has 3 aromatic rings. The summed E-state index contributed by atoms with van der Waals surface area (Å²) in [5.74, 6) is -0.581. The normalized spacial score (nSPS) is 10.5. The first-order valence-electron chi connectivity index (χ1n) is 6.02. The van der Waals surface area contributed by atoms with Crippen LogP contribution in [0.4, 0.5) is 5.69 Å². The molecule has 0 saturated carbocycles. The number of nitrogens with one attached hydrogen (secondary N) is 2. The Morgan fingerprint density at radius 3 is 2.90 bits per heavy atom. The highest BCUT2D eigenvalue weighted by atomic mass is 32.1. The van der Waals surface area contributed by atoms with Crippen molar-refractivity contribution in [2.45, 2.75) is 0 Å². The predicted molar refractivity (Wildman–Crippen MR) is 82.7 cm³/mol. The minimum absolute atomic E-state index is 0.0859. The monoisotopic (exact) mass is 318 g/mol. The molecule has 2 N–H and O–H groups in total. The summed E-state index contributed by atoms with van der Waals surface area (Å²) in [7, 11) is 0. The van der Waals surface area contributed by atoms with Crippen LogP contribution in [0.2, 0.25) is 0 Å². The molecule has 0 aliphatic carbocycles. The van der Waals surface area contributed by atoms with Gasteiger partial charge in [0, 0.05) is 5.69 Å². The van der Waals surface area contributed by atoms with Crippen LogP contribution >= 0.6 is 22.7 Å². The lowest BCUT2D eigenvalue weighted by Crippen LogP contribution is -2.32. The Bertz CT molecular complexity index is 782. The standard InChI is InChI=1S/C13H10N4O2S2/c18-12(5-15-13(19)11-4-14-6-20-11)17-8-1-2-9-10(3-8)21-7-16-9/h1-4,6-7H,5H2,(H,15,19)(H,17,18). The van der Waals surface area contributed by atoms with Crippen molar-refractivity contribution in [2.75, 3.05) is 11.9 Å². The van der Waals surface area contributed by atoms with Crippen LogP contribution in [0.25, 0.3) is 10.2 Å². The Kier molecular flexibility index (Phi) is 3.89. The van der Waals surface area contributed by atoms with Gasteiger partial charge in [0.05, 0.1) is 34.0 Å². The van der Waals surface area contributed by atoms with Gasteiger partial charge in [-0.3, -0.25) is 14.6 Å². The molecule has 21 heavy (non-hydrogen) atoms. The highest BCUT2D eigenvalue weighted by Crippen LogP contribution is 2.21. The third-order valence-corrected chi connectivity index (χ3v) is 4.24. The van der Waals surface area contributed by atoms with Crippen LogP contribution in [-0.4, -0.2) is 28.3 Å². The summed E-state index contributed by atoms with van der Waals surface area (Å²) >= 11 is 2.74. The van der Waals surface area contributed by atoms with E-state index in [1.807, 2.05) is 12.1 Å². The molecule has 0 aliphatic rings. The van der Waals surface area contributed by atoms with E-state index in [2.05, 4.69) is 20.6 Å². The second kappa shape index (κ2) is 5.98. The number of nitrogens with zero attached hydrogens (tertiary/aromatic N) is 2. The van der Waals surface area contributed by atoms with Gasteiger partial charge in [0.15, 0.2) is 0 Å². The summed E-state index contributed by atoms with van der Waals surface area (Å²) in [6.07, 6.45) is 1.47. The van der Waals surface area contributed by atoms with Gasteiger partial charge < -0.3 is 10.6 Å². The molecule has 1 aromatic carbocycles. The van der Waals surface area contributed by atoms with Crippen LogP contribution in [0.3, 0.4) is 0 Å². The highest BCUT2D eigenvalue weighted by molar-refractivity contribution is 7.16. The van der Waals surface area contributed by atoms with Gasteiger partial charge in [-0.2, -0.15) is 0 Å². The number of benzene rings is 1. The Hall–Kier alpha value is -2.32. The van der Waals surface area contributed by atoms with E-state index in [4.69, 9.17) is 0 Å². The first kappa shape index (κ1) is 13.7. The zero-order valence-electron chi connectivity index (χ0n) is 10.7. The minimum atomic E-state index is -0.300. The number of rotatable bonds is 4. The van der Waals surface area contributed by atoms with Crippen LogP contribution in [0, 0.1) is 0 Å². The van der Waals surface area contributed by atoms with E-state index in [1.54, 1.807) is 17.1 Å². The van der Waals surface area contributed by atoms with Crippen molar-refractivity contribution in [1.82, 2.24) is 15.3 Å². The van der Waals surface area contributed by atoms with Crippen LogP contribution in [0.15, 0.2) is 35.4 Å². The number of thiazole rings is 2.